The van der Waals surface area contributed by atoms with Gasteiger partial charge in [0.25, 0.3) is 0 Å². The zero-order valence-corrected chi connectivity index (χ0v) is 23.5. The fraction of sp³-hybridized carbons (Fsp3) is 0.176. The van der Waals surface area contributed by atoms with Gasteiger partial charge in [-0.2, -0.15) is 4.98 Å². The normalized spacial score (nSPS) is 16.4. The first-order valence-corrected chi connectivity index (χ1v) is 14.0. The number of benzene rings is 4. The highest BCUT2D eigenvalue weighted by Gasteiger charge is 2.52. The van der Waals surface area contributed by atoms with Crippen molar-refractivity contribution in [1.29, 1.82) is 0 Å². The minimum Gasteiger partial charge on any atom is -0.398 e. The molecule has 0 bridgehead atoms. The van der Waals surface area contributed by atoms with Crippen molar-refractivity contribution in [3.63, 3.8) is 0 Å². The summed E-state index contributed by atoms with van der Waals surface area (Å²) in [5.41, 5.74) is 3.96. The number of rotatable bonds is 3. The molecule has 0 spiro atoms. The van der Waals surface area contributed by atoms with E-state index in [1.54, 1.807) is 0 Å². The first-order chi connectivity index (χ1) is 19.8. The predicted octanol–water partition coefficient (Wildman–Crippen LogP) is 6.97. The molecule has 1 aliphatic heterocycles. The van der Waals surface area contributed by atoms with Crippen molar-refractivity contribution in [1.82, 2.24) is 19.1 Å². The van der Waals surface area contributed by atoms with Gasteiger partial charge in [0.05, 0.1) is 38.9 Å². The lowest BCUT2D eigenvalue weighted by Crippen LogP contribution is -2.41. The maximum atomic E-state index is 6.51. The minimum atomic E-state index is -0.637. The molecule has 4 aromatic carbocycles. The number of para-hydroxylation sites is 4. The predicted molar refractivity (Wildman–Crippen MR) is 166 cm³/mol. The van der Waals surface area contributed by atoms with E-state index in [0.29, 0.717) is 11.5 Å². The summed E-state index contributed by atoms with van der Waals surface area (Å²) in [6.45, 7) is 8.26. The molecular formula is C34H29BN4O2. The second kappa shape index (κ2) is 8.52. The van der Waals surface area contributed by atoms with Gasteiger partial charge in [-0.1, -0.05) is 72.8 Å². The molecule has 7 heteroatoms. The lowest BCUT2D eigenvalue weighted by molar-refractivity contribution is 0.00578. The van der Waals surface area contributed by atoms with Gasteiger partial charge in [-0.3, -0.25) is 9.13 Å². The van der Waals surface area contributed by atoms with E-state index in [9.17, 15) is 0 Å². The van der Waals surface area contributed by atoms with Crippen LogP contribution in [0.1, 0.15) is 27.7 Å². The smallest absolute Gasteiger partial charge is 0.398 e. The third kappa shape index (κ3) is 3.52. The standard InChI is InChI=1S/C34H29BN4O2/c1-33(2)34(3,4)41-35(40-33)30-21-31(38-26-17-9-5-13-22(26)23-14-6-10-18-27(23)38)37-32(36-30)39-28-19-11-7-15-24(28)25-16-8-12-20-29(25)39/h5-21H,1-4H3. The van der Waals surface area contributed by atoms with Gasteiger partial charge in [0.1, 0.15) is 5.82 Å². The highest BCUT2D eigenvalue weighted by Crippen LogP contribution is 2.37. The molecule has 8 rings (SSSR count). The summed E-state index contributed by atoms with van der Waals surface area (Å²) in [5.74, 6) is 1.34. The van der Waals surface area contributed by atoms with Gasteiger partial charge in [-0.25, -0.2) is 4.98 Å². The van der Waals surface area contributed by atoms with Crippen molar-refractivity contribution in [2.24, 2.45) is 0 Å². The Hall–Kier alpha value is -4.46. The highest BCUT2D eigenvalue weighted by atomic mass is 16.7. The largest absolute Gasteiger partial charge is 0.514 e. The van der Waals surface area contributed by atoms with Crippen LogP contribution in [0.2, 0.25) is 0 Å². The molecule has 0 unspecified atom stereocenters. The molecule has 7 aromatic rings. The Balaban J connectivity index is 1.46. The molecule has 41 heavy (non-hydrogen) atoms. The lowest BCUT2D eigenvalue weighted by Gasteiger charge is -2.32. The van der Waals surface area contributed by atoms with Crippen LogP contribution in [0.4, 0.5) is 0 Å². The zero-order valence-electron chi connectivity index (χ0n) is 23.5. The molecule has 6 nitrogen and oxygen atoms in total. The molecule has 1 saturated heterocycles. The van der Waals surface area contributed by atoms with Crippen molar-refractivity contribution in [2.45, 2.75) is 38.9 Å². The summed E-state index contributed by atoms with van der Waals surface area (Å²) in [5, 5.41) is 4.67. The monoisotopic (exact) mass is 536 g/mol. The average Bonchev–Trinajstić information content (AvgIpc) is 3.57. The molecule has 1 aliphatic rings. The Morgan fingerprint density at radius 1 is 0.537 bits per heavy atom. The minimum absolute atomic E-state index is 0.497. The second-order valence-electron chi connectivity index (χ2n) is 11.8. The lowest BCUT2D eigenvalue weighted by atomic mass is 9.84. The number of nitrogens with zero attached hydrogens (tertiary/aromatic N) is 4. The Morgan fingerprint density at radius 2 is 0.927 bits per heavy atom. The van der Waals surface area contributed by atoms with E-state index in [-0.39, 0.29) is 0 Å². The number of aromatic nitrogens is 4. The molecule has 200 valence electrons. The molecule has 0 saturated carbocycles. The summed E-state index contributed by atoms with van der Waals surface area (Å²) in [6.07, 6.45) is 0. The molecule has 0 atom stereocenters. The van der Waals surface area contributed by atoms with Gasteiger partial charge in [-0.05, 0) is 58.0 Å². The van der Waals surface area contributed by atoms with Gasteiger partial charge in [-0.15, -0.1) is 0 Å². The van der Waals surface area contributed by atoms with Crippen molar-refractivity contribution in [3.05, 3.63) is 103 Å². The van der Waals surface area contributed by atoms with Crippen molar-refractivity contribution in [3.8, 4) is 11.8 Å². The van der Waals surface area contributed by atoms with Crippen molar-refractivity contribution >= 4 is 56.3 Å². The van der Waals surface area contributed by atoms with E-state index in [2.05, 4.69) is 134 Å². The molecule has 0 amide bonds. The fourth-order valence-electron chi connectivity index (χ4n) is 6.05. The van der Waals surface area contributed by atoms with E-state index >= 15 is 0 Å². The van der Waals surface area contributed by atoms with Gasteiger partial charge >= 0.3 is 7.12 Å². The van der Waals surface area contributed by atoms with Crippen LogP contribution in [0.3, 0.4) is 0 Å². The maximum Gasteiger partial charge on any atom is 0.514 e. The Labute approximate surface area is 238 Å². The molecular weight excluding hydrogens is 507 g/mol. The summed E-state index contributed by atoms with van der Waals surface area (Å²) >= 11 is 0. The van der Waals surface area contributed by atoms with Crippen LogP contribution in [0.25, 0.3) is 55.4 Å². The van der Waals surface area contributed by atoms with Crippen LogP contribution >= 0.6 is 0 Å². The van der Waals surface area contributed by atoms with Crippen LogP contribution in [-0.2, 0) is 9.31 Å². The van der Waals surface area contributed by atoms with Crippen molar-refractivity contribution < 1.29 is 9.31 Å². The first-order valence-electron chi connectivity index (χ1n) is 14.0. The highest BCUT2D eigenvalue weighted by molar-refractivity contribution is 6.61. The van der Waals surface area contributed by atoms with Crippen molar-refractivity contribution in [2.75, 3.05) is 0 Å². The van der Waals surface area contributed by atoms with Crippen LogP contribution in [0, 0.1) is 0 Å². The maximum absolute atomic E-state index is 6.51. The summed E-state index contributed by atoms with van der Waals surface area (Å²) in [7, 11) is -0.637. The SMILES string of the molecule is CC1(C)OB(c2cc(-n3c4ccccc4c4ccccc43)nc(-n3c4ccccc4c4ccccc43)n2)OC1(C)C. The average molecular weight is 536 g/mol. The quantitative estimate of drug-likeness (QED) is 0.229. The van der Waals surface area contributed by atoms with Crippen LogP contribution in [-0.4, -0.2) is 37.4 Å². The van der Waals surface area contributed by atoms with E-state index in [1.165, 1.54) is 10.8 Å². The number of hydrogen-bond acceptors (Lipinski definition) is 4. The topological polar surface area (TPSA) is 54.1 Å². The Morgan fingerprint density at radius 3 is 1.37 bits per heavy atom. The van der Waals surface area contributed by atoms with E-state index in [4.69, 9.17) is 19.3 Å². The summed E-state index contributed by atoms with van der Waals surface area (Å²) < 4.78 is 17.4. The summed E-state index contributed by atoms with van der Waals surface area (Å²) in [6, 6.07) is 35.8. The van der Waals surface area contributed by atoms with E-state index in [0.717, 1.165) is 38.7 Å². The summed E-state index contributed by atoms with van der Waals surface area (Å²) in [4.78, 5) is 10.4. The Bertz CT molecular complexity index is 1890. The molecule has 1 fully saturated rings. The van der Waals surface area contributed by atoms with Gasteiger partial charge in [0.2, 0.25) is 5.95 Å². The van der Waals surface area contributed by atoms with Crippen LogP contribution < -0.4 is 5.59 Å². The van der Waals surface area contributed by atoms with Gasteiger partial charge in [0, 0.05) is 21.5 Å². The van der Waals surface area contributed by atoms with Gasteiger partial charge < -0.3 is 9.31 Å². The van der Waals surface area contributed by atoms with E-state index < -0.39 is 18.3 Å². The van der Waals surface area contributed by atoms with E-state index in [1.807, 2.05) is 6.07 Å². The van der Waals surface area contributed by atoms with Crippen LogP contribution in [0.15, 0.2) is 103 Å². The third-order valence-corrected chi connectivity index (χ3v) is 8.80. The zero-order chi connectivity index (χ0) is 27.9. The molecule has 0 aliphatic carbocycles. The Kier molecular flexibility index (Phi) is 5.06. The molecule has 0 radical (unpaired) electrons. The van der Waals surface area contributed by atoms with Gasteiger partial charge in [0.15, 0.2) is 0 Å². The molecule has 4 heterocycles. The first kappa shape index (κ1) is 24.4. The van der Waals surface area contributed by atoms with Crippen LogP contribution in [0.5, 0.6) is 0 Å². The molecule has 3 aromatic heterocycles. The molecule has 0 N–H and O–H groups in total. The number of hydrogen-bond donors (Lipinski definition) is 0. The fourth-order valence-corrected chi connectivity index (χ4v) is 6.05. The second-order valence-corrected chi connectivity index (χ2v) is 11.8. The number of fused-ring (bicyclic) bond motifs is 6. The third-order valence-electron chi connectivity index (χ3n) is 8.80.